The number of piperidine rings is 3. The molecule has 0 aromatic rings. The van der Waals surface area contributed by atoms with Gasteiger partial charge in [-0.3, -0.25) is 4.90 Å². The highest BCUT2D eigenvalue weighted by molar-refractivity contribution is 5.03. The quantitative estimate of drug-likeness (QED) is 0.835. The molecule has 4 rings (SSSR count). The summed E-state index contributed by atoms with van der Waals surface area (Å²) in [5, 5.41) is 3.54. The smallest absolute Gasteiger partial charge is 0.0131 e. The third-order valence-electron chi connectivity index (χ3n) is 6.93. The Bertz CT molecular complexity index is 330. The molecule has 3 heteroatoms. The first-order valence-corrected chi connectivity index (χ1v) is 8.93. The zero-order chi connectivity index (χ0) is 13.7. The van der Waals surface area contributed by atoms with Gasteiger partial charge in [0, 0.05) is 36.3 Å². The van der Waals surface area contributed by atoms with E-state index in [1.54, 1.807) is 0 Å². The maximum Gasteiger partial charge on any atom is 0.0131 e. The number of hydrogen-bond acceptors (Lipinski definition) is 3. The van der Waals surface area contributed by atoms with Gasteiger partial charge in [0.15, 0.2) is 0 Å². The Kier molecular flexibility index (Phi) is 3.56. The van der Waals surface area contributed by atoms with E-state index < -0.39 is 0 Å². The monoisotopic (exact) mass is 277 g/mol. The van der Waals surface area contributed by atoms with Crippen molar-refractivity contribution in [3.05, 3.63) is 0 Å². The van der Waals surface area contributed by atoms with E-state index in [1.807, 2.05) is 0 Å². The second-order valence-corrected chi connectivity index (χ2v) is 7.82. The van der Waals surface area contributed by atoms with Crippen LogP contribution in [0.25, 0.3) is 0 Å². The van der Waals surface area contributed by atoms with Crippen LogP contribution in [0.1, 0.15) is 57.8 Å². The second-order valence-electron chi connectivity index (χ2n) is 7.82. The summed E-state index contributed by atoms with van der Waals surface area (Å²) in [6.07, 6.45) is 13.0. The molecule has 0 aliphatic carbocycles. The van der Waals surface area contributed by atoms with Crippen molar-refractivity contribution in [2.24, 2.45) is 0 Å². The van der Waals surface area contributed by atoms with Gasteiger partial charge in [0.2, 0.25) is 0 Å². The van der Waals surface area contributed by atoms with Crippen LogP contribution in [0.15, 0.2) is 0 Å². The summed E-state index contributed by atoms with van der Waals surface area (Å²) in [7, 11) is 4.53. The molecule has 4 heterocycles. The number of rotatable bonds is 2. The van der Waals surface area contributed by atoms with Gasteiger partial charge in [-0.2, -0.15) is 0 Å². The topological polar surface area (TPSA) is 18.5 Å². The van der Waals surface area contributed by atoms with Gasteiger partial charge in [-0.25, -0.2) is 0 Å². The van der Waals surface area contributed by atoms with E-state index in [4.69, 9.17) is 0 Å². The van der Waals surface area contributed by atoms with Crippen molar-refractivity contribution in [1.29, 1.82) is 0 Å². The van der Waals surface area contributed by atoms with Gasteiger partial charge >= 0.3 is 0 Å². The number of nitrogens with zero attached hydrogens (tertiary/aromatic N) is 2. The minimum Gasteiger partial charge on any atom is -0.317 e. The molecule has 0 radical (unpaired) electrons. The molecule has 0 amide bonds. The molecule has 0 aromatic carbocycles. The molecule has 4 aliphatic rings. The van der Waals surface area contributed by atoms with Crippen molar-refractivity contribution in [1.82, 2.24) is 15.1 Å². The summed E-state index contributed by atoms with van der Waals surface area (Å²) < 4.78 is 0. The Morgan fingerprint density at radius 1 is 0.750 bits per heavy atom. The summed E-state index contributed by atoms with van der Waals surface area (Å²) in [6, 6.07) is 5.23. The molecule has 0 spiro atoms. The molecule has 1 N–H and O–H groups in total. The molecule has 4 aliphatic heterocycles. The number of hydrogen-bond donors (Lipinski definition) is 1. The Hall–Kier alpha value is -0.120. The predicted octanol–water partition coefficient (Wildman–Crippen LogP) is 2.22. The van der Waals surface area contributed by atoms with Gasteiger partial charge in [-0.15, -0.1) is 0 Å². The summed E-state index contributed by atoms with van der Waals surface area (Å²) in [5.74, 6) is 0. The second kappa shape index (κ2) is 5.26. The maximum absolute atomic E-state index is 3.54. The Balaban J connectivity index is 1.49. The SMILES string of the molecule is CNC1CC2CCC(C1)N2C1CC2CCCC(C1)N2C. The standard InChI is InChI=1S/C17H31N3/c1-18-12-8-15-6-7-16(9-12)20(15)17-10-13-4-3-5-14(11-17)19(13)2/h12-18H,3-11H2,1-2H3. The fourth-order valence-corrected chi connectivity index (χ4v) is 5.88. The Morgan fingerprint density at radius 3 is 1.90 bits per heavy atom. The lowest BCUT2D eigenvalue weighted by atomic mass is 9.80. The number of nitrogens with one attached hydrogen (secondary N) is 1. The van der Waals surface area contributed by atoms with Crippen molar-refractivity contribution in [2.75, 3.05) is 14.1 Å². The number of fused-ring (bicyclic) bond motifs is 4. The summed E-state index contributed by atoms with van der Waals surface area (Å²) in [4.78, 5) is 5.70. The van der Waals surface area contributed by atoms with E-state index in [2.05, 4.69) is 29.2 Å². The lowest BCUT2D eigenvalue weighted by Crippen LogP contribution is -2.59. The van der Waals surface area contributed by atoms with Gasteiger partial charge in [-0.1, -0.05) is 6.42 Å². The van der Waals surface area contributed by atoms with Crippen LogP contribution in [0.3, 0.4) is 0 Å². The molecular weight excluding hydrogens is 246 g/mol. The van der Waals surface area contributed by atoms with E-state index in [0.717, 1.165) is 36.3 Å². The highest BCUT2D eigenvalue weighted by atomic mass is 15.3. The Morgan fingerprint density at radius 2 is 1.35 bits per heavy atom. The molecule has 114 valence electrons. The molecule has 4 atom stereocenters. The zero-order valence-corrected chi connectivity index (χ0v) is 13.2. The van der Waals surface area contributed by atoms with Crippen LogP contribution in [0.4, 0.5) is 0 Å². The fourth-order valence-electron chi connectivity index (χ4n) is 5.88. The fraction of sp³-hybridized carbons (Fsp3) is 1.00. The van der Waals surface area contributed by atoms with Crippen molar-refractivity contribution in [2.45, 2.75) is 94.0 Å². The first-order chi connectivity index (χ1) is 9.76. The molecule has 3 nitrogen and oxygen atoms in total. The molecule has 4 bridgehead atoms. The van der Waals surface area contributed by atoms with E-state index >= 15 is 0 Å². The van der Waals surface area contributed by atoms with Gasteiger partial charge in [0.05, 0.1) is 0 Å². The average Bonchev–Trinajstić information content (AvgIpc) is 2.69. The van der Waals surface area contributed by atoms with Gasteiger partial charge in [0.1, 0.15) is 0 Å². The van der Waals surface area contributed by atoms with Crippen LogP contribution in [0.2, 0.25) is 0 Å². The minimum absolute atomic E-state index is 0.787. The highest BCUT2D eigenvalue weighted by Gasteiger charge is 2.47. The Labute approximate surface area is 124 Å². The lowest BCUT2D eigenvalue weighted by molar-refractivity contribution is -0.0228. The molecule has 4 unspecified atom stereocenters. The van der Waals surface area contributed by atoms with E-state index in [9.17, 15) is 0 Å². The molecule has 0 saturated carbocycles. The first-order valence-electron chi connectivity index (χ1n) is 8.93. The average molecular weight is 277 g/mol. The largest absolute Gasteiger partial charge is 0.317 e. The maximum atomic E-state index is 3.54. The summed E-state index contributed by atoms with van der Waals surface area (Å²) in [6.45, 7) is 0. The third kappa shape index (κ3) is 2.13. The first kappa shape index (κ1) is 13.5. The molecule has 0 aromatic heterocycles. The van der Waals surface area contributed by atoms with E-state index in [0.29, 0.717) is 0 Å². The van der Waals surface area contributed by atoms with Crippen molar-refractivity contribution < 1.29 is 0 Å². The van der Waals surface area contributed by atoms with Crippen LogP contribution in [0, 0.1) is 0 Å². The molecule has 20 heavy (non-hydrogen) atoms. The highest BCUT2D eigenvalue weighted by Crippen LogP contribution is 2.43. The van der Waals surface area contributed by atoms with E-state index in [-0.39, 0.29) is 0 Å². The van der Waals surface area contributed by atoms with Crippen LogP contribution < -0.4 is 5.32 Å². The van der Waals surface area contributed by atoms with Gasteiger partial charge in [0.25, 0.3) is 0 Å². The van der Waals surface area contributed by atoms with E-state index in [1.165, 1.54) is 57.8 Å². The molecule has 4 saturated heterocycles. The molecule has 4 fully saturated rings. The molecular formula is C17H31N3. The van der Waals surface area contributed by atoms with Crippen molar-refractivity contribution in [3.8, 4) is 0 Å². The van der Waals surface area contributed by atoms with Gasteiger partial charge in [-0.05, 0) is 65.5 Å². The normalized spacial score (nSPS) is 49.5. The van der Waals surface area contributed by atoms with Crippen molar-refractivity contribution in [3.63, 3.8) is 0 Å². The van der Waals surface area contributed by atoms with Gasteiger partial charge < -0.3 is 10.2 Å². The van der Waals surface area contributed by atoms with Crippen LogP contribution in [-0.2, 0) is 0 Å². The lowest BCUT2D eigenvalue weighted by Gasteiger charge is -2.52. The summed E-state index contributed by atoms with van der Waals surface area (Å²) in [5.41, 5.74) is 0. The third-order valence-corrected chi connectivity index (χ3v) is 6.93. The zero-order valence-electron chi connectivity index (χ0n) is 13.2. The van der Waals surface area contributed by atoms with Crippen LogP contribution in [0.5, 0.6) is 0 Å². The minimum atomic E-state index is 0.787. The predicted molar refractivity (Wildman–Crippen MR) is 82.9 cm³/mol. The summed E-state index contributed by atoms with van der Waals surface area (Å²) >= 11 is 0. The van der Waals surface area contributed by atoms with Crippen LogP contribution >= 0.6 is 0 Å². The van der Waals surface area contributed by atoms with Crippen LogP contribution in [-0.4, -0.2) is 60.1 Å². The van der Waals surface area contributed by atoms with Crippen molar-refractivity contribution >= 4 is 0 Å².